The van der Waals surface area contributed by atoms with Crippen molar-refractivity contribution < 1.29 is 9.90 Å². The Hall–Kier alpha value is -2.17. The van der Waals surface area contributed by atoms with Gasteiger partial charge in [-0.05, 0) is 24.0 Å². The van der Waals surface area contributed by atoms with E-state index in [2.05, 4.69) is 5.32 Å². The van der Waals surface area contributed by atoms with E-state index in [1.54, 1.807) is 0 Å². The molecule has 2 aromatic carbocycles. The number of carbonyl (C=O) groups excluding carboxylic acids is 1. The molecular weight excluding hydrogens is 276 g/mol. The average Bonchev–Trinajstić information content (AvgIpc) is 2.56. The van der Waals surface area contributed by atoms with E-state index in [1.807, 2.05) is 60.7 Å². The lowest BCUT2D eigenvalue weighted by Crippen LogP contribution is -2.48. The molecular formula is C18H22N2O2. The molecule has 2 rings (SSSR count). The van der Waals surface area contributed by atoms with Gasteiger partial charge in [-0.2, -0.15) is 0 Å². The molecule has 2 aromatic rings. The summed E-state index contributed by atoms with van der Waals surface area (Å²) in [4.78, 5) is 12.2. The molecule has 4 nitrogen and oxygen atoms in total. The average molecular weight is 298 g/mol. The second-order valence-corrected chi connectivity index (χ2v) is 5.37. The third-order valence-corrected chi connectivity index (χ3v) is 3.53. The normalized spacial score (nSPS) is 13.4. The Labute approximate surface area is 131 Å². The summed E-state index contributed by atoms with van der Waals surface area (Å²) < 4.78 is 0. The van der Waals surface area contributed by atoms with Gasteiger partial charge in [0.05, 0.1) is 18.7 Å². The maximum atomic E-state index is 12.2. The van der Waals surface area contributed by atoms with Crippen LogP contribution in [-0.4, -0.2) is 29.7 Å². The summed E-state index contributed by atoms with van der Waals surface area (Å²) in [5, 5.41) is 12.3. The van der Waals surface area contributed by atoms with Crippen molar-refractivity contribution in [3.63, 3.8) is 0 Å². The Morgan fingerprint density at radius 1 is 0.955 bits per heavy atom. The summed E-state index contributed by atoms with van der Waals surface area (Å²) in [6.45, 7) is -0.112. The molecule has 0 fully saturated rings. The van der Waals surface area contributed by atoms with Crippen molar-refractivity contribution in [1.82, 2.24) is 5.32 Å². The van der Waals surface area contributed by atoms with Gasteiger partial charge in [0.15, 0.2) is 0 Å². The van der Waals surface area contributed by atoms with E-state index in [1.165, 1.54) is 0 Å². The first-order chi connectivity index (χ1) is 10.7. The Morgan fingerprint density at radius 2 is 1.45 bits per heavy atom. The van der Waals surface area contributed by atoms with Crippen LogP contribution in [0.3, 0.4) is 0 Å². The number of rotatable bonds is 7. The van der Waals surface area contributed by atoms with Gasteiger partial charge < -0.3 is 16.2 Å². The highest BCUT2D eigenvalue weighted by Crippen LogP contribution is 2.05. The Bertz CT molecular complexity index is 572. The smallest absolute Gasteiger partial charge is 0.237 e. The molecule has 0 unspecified atom stereocenters. The summed E-state index contributed by atoms with van der Waals surface area (Å²) in [5.41, 5.74) is 8.04. The van der Waals surface area contributed by atoms with Crippen molar-refractivity contribution in [2.45, 2.75) is 24.9 Å². The number of hydrogen-bond acceptors (Lipinski definition) is 3. The third kappa shape index (κ3) is 4.98. The van der Waals surface area contributed by atoms with Gasteiger partial charge in [0, 0.05) is 0 Å². The van der Waals surface area contributed by atoms with Crippen molar-refractivity contribution in [1.29, 1.82) is 0 Å². The molecule has 0 aromatic heterocycles. The fraction of sp³-hybridized carbons (Fsp3) is 0.278. The number of benzene rings is 2. The lowest BCUT2D eigenvalue weighted by molar-refractivity contribution is -0.123. The van der Waals surface area contributed by atoms with Gasteiger partial charge in [0.1, 0.15) is 0 Å². The fourth-order valence-electron chi connectivity index (χ4n) is 2.33. The summed E-state index contributed by atoms with van der Waals surface area (Å²) in [6, 6.07) is 18.5. The van der Waals surface area contributed by atoms with Crippen LogP contribution in [0.1, 0.15) is 11.1 Å². The van der Waals surface area contributed by atoms with Crippen LogP contribution in [0.25, 0.3) is 0 Å². The van der Waals surface area contributed by atoms with Gasteiger partial charge in [-0.3, -0.25) is 4.79 Å². The molecule has 0 spiro atoms. The summed E-state index contributed by atoms with van der Waals surface area (Å²) in [6.07, 6.45) is 1.07. The van der Waals surface area contributed by atoms with Crippen molar-refractivity contribution in [3.8, 4) is 0 Å². The minimum Gasteiger partial charge on any atom is -0.394 e. The molecule has 2 atom stereocenters. The molecule has 0 bridgehead atoms. The van der Waals surface area contributed by atoms with Gasteiger partial charge in [-0.1, -0.05) is 60.7 Å². The van der Waals surface area contributed by atoms with Crippen LogP contribution in [0.2, 0.25) is 0 Å². The number of nitrogens with two attached hydrogens (primary N) is 1. The zero-order valence-corrected chi connectivity index (χ0v) is 12.5. The Kier molecular flexibility index (Phi) is 6.13. The minimum atomic E-state index is -0.618. The van der Waals surface area contributed by atoms with E-state index >= 15 is 0 Å². The fourth-order valence-corrected chi connectivity index (χ4v) is 2.33. The van der Waals surface area contributed by atoms with Gasteiger partial charge in [0.2, 0.25) is 5.91 Å². The molecule has 4 N–H and O–H groups in total. The largest absolute Gasteiger partial charge is 0.394 e. The van der Waals surface area contributed by atoms with Crippen molar-refractivity contribution >= 4 is 5.91 Å². The first-order valence-corrected chi connectivity index (χ1v) is 7.43. The highest BCUT2D eigenvalue weighted by atomic mass is 16.3. The standard InChI is InChI=1S/C18H22N2O2/c19-17(12-15-9-5-2-6-10-15)18(22)20-16(13-21)11-14-7-3-1-4-8-14/h1-10,16-17,21H,11-13,19H2,(H,20,22)/t16-,17+/m0/s1. The van der Waals surface area contributed by atoms with Crippen LogP contribution in [0, 0.1) is 0 Å². The highest BCUT2D eigenvalue weighted by molar-refractivity contribution is 5.82. The zero-order chi connectivity index (χ0) is 15.8. The number of hydrogen-bond donors (Lipinski definition) is 3. The van der Waals surface area contributed by atoms with Gasteiger partial charge in [-0.15, -0.1) is 0 Å². The van der Waals surface area contributed by atoms with E-state index in [9.17, 15) is 9.90 Å². The van der Waals surface area contributed by atoms with Gasteiger partial charge >= 0.3 is 0 Å². The number of aliphatic hydroxyl groups is 1. The summed E-state index contributed by atoms with van der Waals surface area (Å²) in [5.74, 6) is -0.237. The molecule has 0 aliphatic rings. The monoisotopic (exact) mass is 298 g/mol. The summed E-state index contributed by atoms with van der Waals surface area (Å²) >= 11 is 0. The predicted octanol–water partition coefficient (Wildman–Crippen LogP) is 1.28. The summed E-state index contributed by atoms with van der Waals surface area (Å²) in [7, 11) is 0. The number of nitrogens with one attached hydrogen (secondary N) is 1. The lowest BCUT2D eigenvalue weighted by atomic mass is 10.0. The van der Waals surface area contributed by atoms with Crippen LogP contribution in [0.15, 0.2) is 60.7 Å². The van der Waals surface area contributed by atoms with Crippen LogP contribution >= 0.6 is 0 Å². The quantitative estimate of drug-likeness (QED) is 0.721. The SMILES string of the molecule is N[C@H](Cc1ccccc1)C(=O)N[C@H](CO)Cc1ccccc1. The lowest BCUT2D eigenvalue weighted by Gasteiger charge is -2.19. The zero-order valence-electron chi connectivity index (χ0n) is 12.5. The van der Waals surface area contributed by atoms with Gasteiger partial charge in [0.25, 0.3) is 0 Å². The predicted molar refractivity (Wildman–Crippen MR) is 87.3 cm³/mol. The van der Waals surface area contributed by atoms with Crippen molar-refractivity contribution in [2.75, 3.05) is 6.61 Å². The maximum Gasteiger partial charge on any atom is 0.237 e. The molecule has 0 aliphatic carbocycles. The molecule has 0 heterocycles. The van der Waals surface area contributed by atoms with Crippen molar-refractivity contribution in [2.24, 2.45) is 5.73 Å². The van der Waals surface area contributed by atoms with E-state index in [0.29, 0.717) is 12.8 Å². The van der Waals surface area contributed by atoms with E-state index < -0.39 is 6.04 Å². The Morgan fingerprint density at radius 3 is 1.95 bits per heavy atom. The molecule has 1 amide bonds. The molecule has 0 saturated carbocycles. The molecule has 116 valence electrons. The first kappa shape index (κ1) is 16.2. The minimum absolute atomic E-state index is 0.112. The van der Waals surface area contributed by atoms with Crippen LogP contribution in [-0.2, 0) is 17.6 Å². The van der Waals surface area contributed by atoms with Gasteiger partial charge in [-0.25, -0.2) is 0 Å². The Balaban J connectivity index is 1.88. The molecule has 0 saturated heterocycles. The number of amides is 1. The molecule has 0 radical (unpaired) electrons. The second kappa shape index (κ2) is 8.32. The van der Waals surface area contributed by atoms with Crippen LogP contribution in [0.5, 0.6) is 0 Å². The number of aliphatic hydroxyl groups excluding tert-OH is 1. The van der Waals surface area contributed by atoms with E-state index in [4.69, 9.17) is 5.73 Å². The number of carbonyl (C=O) groups is 1. The van der Waals surface area contributed by atoms with Crippen LogP contribution < -0.4 is 11.1 Å². The van der Waals surface area contributed by atoms with E-state index in [0.717, 1.165) is 11.1 Å². The molecule has 0 aliphatic heterocycles. The maximum absolute atomic E-state index is 12.2. The topological polar surface area (TPSA) is 75.4 Å². The van der Waals surface area contributed by atoms with Crippen molar-refractivity contribution in [3.05, 3.63) is 71.8 Å². The second-order valence-electron chi connectivity index (χ2n) is 5.37. The molecule has 4 heteroatoms. The van der Waals surface area contributed by atoms with E-state index in [-0.39, 0.29) is 18.6 Å². The molecule has 22 heavy (non-hydrogen) atoms. The third-order valence-electron chi connectivity index (χ3n) is 3.53. The van der Waals surface area contributed by atoms with Crippen LogP contribution in [0.4, 0.5) is 0 Å². The highest BCUT2D eigenvalue weighted by Gasteiger charge is 2.18. The first-order valence-electron chi connectivity index (χ1n) is 7.43.